The van der Waals surface area contributed by atoms with E-state index in [1.165, 1.54) is 0 Å². The molecule has 9 heteroatoms. The van der Waals surface area contributed by atoms with E-state index >= 15 is 0 Å². The Morgan fingerprint density at radius 2 is 1.63 bits per heavy atom. The predicted octanol–water partition coefficient (Wildman–Crippen LogP) is 1.72. The van der Waals surface area contributed by atoms with Gasteiger partial charge in [-0.1, -0.05) is 0 Å². The molecule has 0 bridgehead atoms. The first-order chi connectivity index (χ1) is 14.5. The standard InChI is InChI=1S/C21H34O9/c1-2-27-19(24)7-3-4-12-29-21(26)16(14-18-15-30-18)6-5-13-28-20(25)9-8-17(23)10-11-22/h16,18,22H,2-15H2,1H3. The second-order valence-electron chi connectivity index (χ2n) is 7.19. The summed E-state index contributed by atoms with van der Waals surface area (Å²) in [7, 11) is 0. The number of aliphatic hydroxyl groups is 1. The lowest BCUT2D eigenvalue weighted by molar-refractivity contribution is -0.149. The van der Waals surface area contributed by atoms with Crippen LogP contribution in [0.15, 0.2) is 0 Å². The second-order valence-corrected chi connectivity index (χ2v) is 7.19. The van der Waals surface area contributed by atoms with Gasteiger partial charge in [0.2, 0.25) is 0 Å². The van der Waals surface area contributed by atoms with Crippen molar-refractivity contribution in [3.8, 4) is 0 Å². The monoisotopic (exact) mass is 430 g/mol. The fraction of sp³-hybridized carbons (Fsp3) is 0.810. The van der Waals surface area contributed by atoms with Crippen molar-refractivity contribution in [2.75, 3.05) is 33.0 Å². The molecule has 1 heterocycles. The summed E-state index contributed by atoms with van der Waals surface area (Å²) < 4.78 is 20.5. The van der Waals surface area contributed by atoms with Crippen LogP contribution < -0.4 is 0 Å². The van der Waals surface area contributed by atoms with Crippen LogP contribution in [0.1, 0.15) is 64.7 Å². The molecule has 1 fully saturated rings. The Bertz CT molecular complexity index is 543. The van der Waals surface area contributed by atoms with Crippen LogP contribution in [0.5, 0.6) is 0 Å². The molecule has 0 aromatic heterocycles. The molecule has 0 aromatic rings. The number of carbonyl (C=O) groups excluding carboxylic acids is 4. The number of Topliss-reactive ketones (excluding diaryl/α,β-unsaturated/α-hetero) is 1. The fourth-order valence-electron chi connectivity index (χ4n) is 2.83. The quantitative estimate of drug-likeness (QED) is 0.149. The van der Waals surface area contributed by atoms with Gasteiger partial charge >= 0.3 is 17.9 Å². The molecular formula is C21H34O9. The summed E-state index contributed by atoms with van der Waals surface area (Å²) in [5, 5.41) is 8.66. The largest absolute Gasteiger partial charge is 0.466 e. The molecule has 172 valence electrons. The van der Waals surface area contributed by atoms with Gasteiger partial charge in [-0.15, -0.1) is 0 Å². The first-order valence-corrected chi connectivity index (χ1v) is 10.7. The average molecular weight is 430 g/mol. The van der Waals surface area contributed by atoms with Crippen molar-refractivity contribution in [2.45, 2.75) is 70.8 Å². The van der Waals surface area contributed by atoms with E-state index in [0.717, 1.165) is 0 Å². The summed E-state index contributed by atoms with van der Waals surface area (Å²) >= 11 is 0. The molecule has 30 heavy (non-hydrogen) atoms. The van der Waals surface area contributed by atoms with E-state index in [2.05, 4.69) is 0 Å². The van der Waals surface area contributed by atoms with E-state index in [1.54, 1.807) is 6.92 Å². The summed E-state index contributed by atoms with van der Waals surface area (Å²) in [5.74, 6) is -1.52. The number of aliphatic hydroxyl groups excluding tert-OH is 1. The fourth-order valence-corrected chi connectivity index (χ4v) is 2.83. The molecule has 0 amide bonds. The number of ether oxygens (including phenoxy) is 4. The minimum Gasteiger partial charge on any atom is -0.466 e. The summed E-state index contributed by atoms with van der Waals surface area (Å²) in [6.07, 6.45) is 3.25. The highest BCUT2D eigenvalue weighted by molar-refractivity contribution is 5.82. The van der Waals surface area contributed by atoms with Crippen molar-refractivity contribution < 1.29 is 43.2 Å². The molecule has 1 rings (SSSR count). The van der Waals surface area contributed by atoms with E-state index in [0.29, 0.717) is 51.7 Å². The summed E-state index contributed by atoms with van der Waals surface area (Å²) in [6, 6.07) is 0. The van der Waals surface area contributed by atoms with Gasteiger partial charge in [-0.05, 0) is 39.0 Å². The van der Waals surface area contributed by atoms with Gasteiger partial charge < -0.3 is 24.1 Å². The number of hydrogen-bond donors (Lipinski definition) is 1. The molecule has 1 saturated heterocycles. The van der Waals surface area contributed by atoms with Crippen molar-refractivity contribution in [1.82, 2.24) is 0 Å². The van der Waals surface area contributed by atoms with E-state index in [9.17, 15) is 19.2 Å². The highest BCUT2D eigenvalue weighted by Gasteiger charge is 2.31. The van der Waals surface area contributed by atoms with Gasteiger partial charge in [0, 0.05) is 25.9 Å². The van der Waals surface area contributed by atoms with Gasteiger partial charge in [0.05, 0.1) is 44.9 Å². The Morgan fingerprint density at radius 1 is 0.933 bits per heavy atom. The number of epoxide rings is 1. The van der Waals surface area contributed by atoms with Crippen LogP contribution in [0.25, 0.3) is 0 Å². The lowest BCUT2D eigenvalue weighted by atomic mass is 9.98. The molecule has 0 saturated carbocycles. The molecule has 1 aliphatic heterocycles. The second kappa shape index (κ2) is 15.8. The van der Waals surface area contributed by atoms with E-state index in [4.69, 9.17) is 24.1 Å². The van der Waals surface area contributed by atoms with Gasteiger partial charge in [0.25, 0.3) is 0 Å². The third-order valence-corrected chi connectivity index (χ3v) is 4.57. The van der Waals surface area contributed by atoms with Crippen LogP contribution >= 0.6 is 0 Å². The number of carbonyl (C=O) groups is 4. The van der Waals surface area contributed by atoms with Crippen molar-refractivity contribution in [3.63, 3.8) is 0 Å². The molecule has 0 spiro atoms. The smallest absolute Gasteiger partial charge is 0.309 e. The minimum absolute atomic E-state index is 0.00792. The average Bonchev–Trinajstić information content (AvgIpc) is 3.53. The lowest BCUT2D eigenvalue weighted by Gasteiger charge is -2.15. The van der Waals surface area contributed by atoms with Crippen LogP contribution in [0.3, 0.4) is 0 Å². The zero-order chi connectivity index (χ0) is 22.2. The Balaban J connectivity index is 2.19. The van der Waals surface area contributed by atoms with Crippen LogP contribution in [0.4, 0.5) is 0 Å². The number of hydrogen-bond acceptors (Lipinski definition) is 9. The normalized spacial score (nSPS) is 15.9. The Labute approximate surface area is 177 Å². The maximum absolute atomic E-state index is 12.3. The van der Waals surface area contributed by atoms with Gasteiger partial charge in [0.1, 0.15) is 5.78 Å². The first-order valence-electron chi connectivity index (χ1n) is 10.7. The maximum Gasteiger partial charge on any atom is 0.309 e. The third-order valence-electron chi connectivity index (χ3n) is 4.57. The van der Waals surface area contributed by atoms with Crippen LogP contribution in [0, 0.1) is 5.92 Å². The van der Waals surface area contributed by atoms with Gasteiger partial charge in [-0.25, -0.2) is 0 Å². The molecular weight excluding hydrogens is 396 g/mol. The van der Waals surface area contributed by atoms with Crippen LogP contribution in [-0.4, -0.2) is 67.9 Å². The zero-order valence-electron chi connectivity index (χ0n) is 17.8. The summed E-state index contributed by atoms with van der Waals surface area (Å²) in [5.41, 5.74) is 0. The number of unbranched alkanes of at least 4 members (excludes halogenated alkanes) is 1. The molecule has 0 radical (unpaired) electrons. The molecule has 0 aromatic carbocycles. The molecule has 1 aliphatic rings. The number of rotatable bonds is 18. The van der Waals surface area contributed by atoms with Gasteiger partial charge in [-0.2, -0.15) is 0 Å². The summed E-state index contributed by atoms with van der Waals surface area (Å²) in [6.45, 7) is 2.95. The number of esters is 3. The first kappa shape index (κ1) is 26.0. The van der Waals surface area contributed by atoms with Crippen molar-refractivity contribution in [2.24, 2.45) is 5.92 Å². The SMILES string of the molecule is CCOC(=O)CCCCOC(=O)C(CCCOC(=O)CCC(=O)CCO)CC1CO1. The predicted molar refractivity (Wildman–Crippen MR) is 105 cm³/mol. The van der Waals surface area contributed by atoms with Crippen molar-refractivity contribution in [3.05, 3.63) is 0 Å². The molecule has 0 aliphatic carbocycles. The van der Waals surface area contributed by atoms with Crippen molar-refractivity contribution >= 4 is 23.7 Å². The Kier molecular flexibility index (Phi) is 13.7. The zero-order valence-corrected chi connectivity index (χ0v) is 17.8. The Hall–Kier alpha value is -2.00. The van der Waals surface area contributed by atoms with Crippen molar-refractivity contribution in [1.29, 1.82) is 0 Å². The van der Waals surface area contributed by atoms with E-state index in [-0.39, 0.29) is 68.8 Å². The maximum atomic E-state index is 12.3. The molecule has 1 N–H and O–H groups in total. The molecule has 2 unspecified atom stereocenters. The summed E-state index contributed by atoms with van der Waals surface area (Å²) in [4.78, 5) is 46.5. The minimum atomic E-state index is -0.465. The Morgan fingerprint density at radius 3 is 2.30 bits per heavy atom. The topological polar surface area (TPSA) is 129 Å². The van der Waals surface area contributed by atoms with Crippen LogP contribution in [-0.2, 0) is 38.1 Å². The molecule has 9 nitrogen and oxygen atoms in total. The van der Waals surface area contributed by atoms with E-state index < -0.39 is 5.97 Å². The van der Waals surface area contributed by atoms with Gasteiger partial charge in [0.15, 0.2) is 0 Å². The molecule has 2 atom stereocenters. The third kappa shape index (κ3) is 13.3. The highest BCUT2D eigenvalue weighted by atomic mass is 16.6. The van der Waals surface area contributed by atoms with E-state index in [1.807, 2.05) is 0 Å². The highest BCUT2D eigenvalue weighted by Crippen LogP contribution is 2.24. The van der Waals surface area contributed by atoms with Gasteiger partial charge in [-0.3, -0.25) is 19.2 Å². The number of ketones is 1. The van der Waals surface area contributed by atoms with Crippen LogP contribution in [0.2, 0.25) is 0 Å². The lowest BCUT2D eigenvalue weighted by Crippen LogP contribution is -2.21.